The number of para-hydroxylation sites is 1. The van der Waals surface area contributed by atoms with Gasteiger partial charge in [0.1, 0.15) is 17.2 Å². The lowest BCUT2D eigenvalue weighted by Crippen LogP contribution is -2.52. The molecule has 1 aromatic heterocycles. The number of alkyl carbamates (subject to hydrolysis) is 1. The molecule has 0 fully saturated rings. The summed E-state index contributed by atoms with van der Waals surface area (Å²) in [7, 11) is 0. The van der Waals surface area contributed by atoms with E-state index in [1.54, 1.807) is 65.1 Å². The zero-order valence-corrected chi connectivity index (χ0v) is 16.8. The highest BCUT2D eigenvalue weighted by molar-refractivity contribution is 5.99. The molecular formula is C20H27N3O5. The second-order valence-electron chi connectivity index (χ2n) is 8.25. The van der Waals surface area contributed by atoms with E-state index in [9.17, 15) is 14.4 Å². The summed E-state index contributed by atoms with van der Waals surface area (Å²) in [6.07, 6.45) is 0.958. The highest BCUT2D eigenvalue weighted by Gasteiger charge is 2.34. The molecular weight excluding hydrogens is 362 g/mol. The number of fused-ring (bicyclic) bond motifs is 1. The molecule has 8 heteroatoms. The number of carboxylic acid groups (broad SMARTS) is 1. The van der Waals surface area contributed by atoms with Crippen molar-refractivity contribution in [3.05, 3.63) is 36.0 Å². The number of nitrogens with one attached hydrogen (secondary N) is 1. The Balaban J connectivity index is 2.37. The third kappa shape index (κ3) is 4.89. The zero-order chi connectivity index (χ0) is 21.3. The minimum atomic E-state index is -1.25. The first-order valence-corrected chi connectivity index (χ1v) is 8.95. The number of carbonyl (C=O) groups is 3. The highest BCUT2D eigenvalue weighted by Crippen LogP contribution is 2.24. The SMILES string of the molecule is CC(C)(C)OC(=O)NC(C)(C)C(=O)n1cc(C[C@@H](N)C(=O)O)c2ccccc21. The Bertz CT molecular complexity index is 908. The Morgan fingerprint density at radius 2 is 1.79 bits per heavy atom. The van der Waals surface area contributed by atoms with E-state index in [2.05, 4.69) is 5.32 Å². The predicted molar refractivity (Wildman–Crippen MR) is 105 cm³/mol. The molecule has 0 saturated heterocycles. The summed E-state index contributed by atoms with van der Waals surface area (Å²) in [6, 6.07) is 6.06. The topological polar surface area (TPSA) is 124 Å². The molecule has 0 radical (unpaired) electrons. The molecule has 1 amide bonds. The number of amides is 1. The van der Waals surface area contributed by atoms with E-state index in [0.717, 1.165) is 5.39 Å². The molecule has 0 aliphatic heterocycles. The maximum atomic E-state index is 13.2. The zero-order valence-electron chi connectivity index (χ0n) is 16.8. The van der Waals surface area contributed by atoms with Crippen LogP contribution in [0, 0.1) is 0 Å². The molecule has 28 heavy (non-hydrogen) atoms. The second-order valence-corrected chi connectivity index (χ2v) is 8.25. The fraction of sp³-hybridized carbons (Fsp3) is 0.450. The lowest BCUT2D eigenvalue weighted by atomic mass is 10.0. The first-order valence-electron chi connectivity index (χ1n) is 8.95. The van der Waals surface area contributed by atoms with Crippen molar-refractivity contribution in [1.29, 1.82) is 0 Å². The van der Waals surface area contributed by atoms with Crippen molar-refractivity contribution in [2.75, 3.05) is 0 Å². The van der Waals surface area contributed by atoms with E-state index in [4.69, 9.17) is 15.6 Å². The third-order valence-electron chi connectivity index (χ3n) is 4.12. The van der Waals surface area contributed by atoms with E-state index in [1.165, 1.54) is 4.57 Å². The van der Waals surface area contributed by atoms with Crippen LogP contribution in [-0.4, -0.2) is 44.8 Å². The van der Waals surface area contributed by atoms with Crippen LogP contribution in [0.15, 0.2) is 30.5 Å². The number of aliphatic carboxylic acids is 1. The fourth-order valence-corrected chi connectivity index (χ4v) is 2.82. The normalized spacial score (nSPS) is 13.2. The highest BCUT2D eigenvalue weighted by atomic mass is 16.6. The molecule has 0 bridgehead atoms. The van der Waals surface area contributed by atoms with Gasteiger partial charge in [-0.2, -0.15) is 0 Å². The van der Waals surface area contributed by atoms with Crippen LogP contribution in [0.3, 0.4) is 0 Å². The van der Waals surface area contributed by atoms with E-state index in [-0.39, 0.29) is 12.3 Å². The van der Waals surface area contributed by atoms with Gasteiger partial charge < -0.3 is 20.9 Å². The van der Waals surface area contributed by atoms with Crippen LogP contribution < -0.4 is 11.1 Å². The fourth-order valence-electron chi connectivity index (χ4n) is 2.82. The van der Waals surface area contributed by atoms with Gasteiger partial charge in [0.05, 0.1) is 5.52 Å². The molecule has 152 valence electrons. The molecule has 0 aliphatic rings. The van der Waals surface area contributed by atoms with Gasteiger partial charge >= 0.3 is 12.1 Å². The van der Waals surface area contributed by atoms with E-state index in [1.807, 2.05) is 0 Å². The predicted octanol–water partition coefficient (Wildman–Crippen LogP) is 2.54. The van der Waals surface area contributed by atoms with Crippen LogP contribution in [0.5, 0.6) is 0 Å². The van der Waals surface area contributed by atoms with Gasteiger partial charge in [-0.1, -0.05) is 18.2 Å². The number of hydrogen-bond donors (Lipinski definition) is 3. The van der Waals surface area contributed by atoms with Crippen molar-refractivity contribution in [1.82, 2.24) is 9.88 Å². The maximum absolute atomic E-state index is 13.2. The number of nitrogens with zero attached hydrogens (tertiary/aromatic N) is 1. The Labute approximate surface area is 163 Å². The molecule has 4 N–H and O–H groups in total. The first-order chi connectivity index (χ1) is 12.8. The summed E-state index contributed by atoms with van der Waals surface area (Å²) in [5, 5.41) is 12.4. The summed E-state index contributed by atoms with van der Waals surface area (Å²) < 4.78 is 6.65. The number of nitrogens with two attached hydrogens (primary N) is 1. The van der Waals surface area contributed by atoms with Crippen molar-refractivity contribution in [2.24, 2.45) is 5.73 Å². The van der Waals surface area contributed by atoms with E-state index >= 15 is 0 Å². The summed E-state index contributed by atoms with van der Waals surface area (Å²) in [5.41, 5.74) is 4.98. The van der Waals surface area contributed by atoms with Gasteiger partial charge in [0.15, 0.2) is 0 Å². The summed E-state index contributed by atoms with van der Waals surface area (Å²) in [5.74, 6) is -1.50. The monoisotopic (exact) mass is 389 g/mol. The average Bonchev–Trinajstić information content (AvgIpc) is 2.90. The number of carboxylic acids is 1. The Kier molecular flexibility index (Phi) is 5.84. The molecule has 2 rings (SSSR count). The largest absolute Gasteiger partial charge is 0.480 e. The van der Waals surface area contributed by atoms with Gasteiger partial charge in [-0.15, -0.1) is 0 Å². The van der Waals surface area contributed by atoms with Crippen LogP contribution in [0.25, 0.3) is 10.9 Å². The van der Waals surface area contributed by atoms with Crippen LogP contribution in [-0.2, 0) is 16.0 Å². The van der Waals surface area contributed by atoms with Crippen LogP contribution in [0.2, 0.25) is 0 Å². The Morgan fingerprint density at radius 3 is 2.36 bits per heavy atom. The Hall–Kier alpha value is -2.87. The number of hydrogen-bond acceptors (Lipinski definition) is 5. The molecule has 0 aliphatic carbocycles. The molecule has 8 nitrogen and oxygen atoms in total. The number of carbonyl (C=O) groups excluding carboxylic acids is 2. The minimum absolute atomic E-state index is 0.0794. The smallest absolute Gasteiger partial charge is 0.408 e. The number of ether oxygens (including phenoxy) is 1. The number of rotatable bonds is 5. The van der Waals surface area contributed by atoms with Crippen LogP contribution in [0.4, 0.5) is 4.79 Å². The summed E-state index contributed by atoms with van der Waals surface area (Å²) in [4.78, 5) is 36.4. The van der Waals surface area contributed by atoms with Crippen molar-refractivity contribution in [2.45, 2.75) is 58.2 Å². The first kappa shape index (κ1) is 21.4. The number of aromatic nitrogens is 1. The molecule has 1 aromatic carbocycles. The van der Waals surface area contributed by atoms with Crippen molar-refractivity contribution < 1.29 is 24.2 Å². The van der Waals surface area contributed by atoms with Crippen LogP contribution >= 0.6 is 0 Å². The quantitative estimate of drug-likeness (QED) is 0.722. The lowest BCUT2D eigenvalue weighted by Gasteiger charge is -2.27. The molecule has 2 aromatic rings. The summed E-state index contributed by atoms with van der Waals surface area (Å²) in [6.45, 7) is 8.36. The molecule has 0 unspecified atom stereocenters. The lowest BCUT2D eigenvalue weighted by molar-refractivity contribution is -0.138. The van der Waals surface area contributed by atoms with Crippen molar-refractivity contribution in [3.63, 3.8) is 0 Å². The van der Waals surface area contributed by atoms with Crippen molar-refractivity contribution in [3.8, 4) is 0 Å². The molecule has 0 saturated carbocycles. The van der Waals surface area contributed by atoms with Gasteiger partial charge in [0.25, 0.3) is 5.91 Å². The molecule has 0 spiro atoms. The van der Waals surface area contributed by atoms with Crippen LogP contribution in [0.1, 0.15) is 45.0 Å². The Morgan fingerprint density at radius 1 is 1.18 bits per heavy atom. The molecule has 1 atom stereocenters. The van der Waals surface area contributed by atoms with Crippen molar-refractivity contribution >= 4 is 28.9 Å². The maximum Gasteiger partial charge on any atom is 0.408 e. The van der Waals surface area contributed by atoms with Gasteiger partial charge in [0, 0.05) is 18.0 Å². The minimum Gasteiger partial charge on any atom is -0.480 e. The third-order valence-corrected chi connectivity index (χ3v) is 4.12. The molecule has 1 heterocycles. The van der Waals surface area contributed by atoms with Gasteiger partial charge in [-0.25, -0.2) is 4.79 Å². The van der Waals surface area contributed by atoms with E-state index < -0.39 is 29.2 Å². The number of benzene rings is 1. The average molecular weight is 389 g/mol. The van der Waals surface area contributed by atoms with Gasteiger partial charge in [-0.05, 0) is 46.2 Å². The van der Waals surface area contributed by atoms with Gasteiger partial charge in [-0.3, -0.25) is 14.2 Å². The van der Waals surface area contributed by atoms with E-state index in [0.29, 0.717) is 11.1 Å². The standard InChI is InChI=1S/C20H27N3O5/c1-19(2,3)28-18(27)22-20(4,5)17(26)23-11-12(10-14(21)16(24)25)13-8-6-7-9-15(13)23/h6-9,11,14H,10,21H2,1-5H3,(H,22,27)(H,24,25)/t14-/m1/s1. The van der Waals surface area contributed by atoms with Gasteiger partial charge in [0.2, 0.25) is 0 Å². The second kappa shape index (κ2) is 7.63. The summed E-state index contributed by atoms with van der Waals surface area (Å²) >= 11 is 0.